The fourth-order valence-electron chi connectivity index (χ4n) is 3.21. The summed E-state index contributed by atoms with van der Waals surface area (Å²) in [5, 5.41) is 2.80. The molecular formula is C21H30OSi. The van der Waals surface area contributed by atoms with Crippen molar-refractivity contribution in [2.24, 2.45) is 5.92 Å². The molecule has 0 spiro atoms. The van der Waals surface area contributed by atoms with Crippen LogP contribution in [0.15, 0.2) is 60.7 Å². The van der Waals surface area contributed by atoms with Crippen molar-refractivity contribution < 1.29 is 4.43 Å². The predicted molar refractivity (Wildman–Crippen MR) is 103 cm³/mol. The summed E-state index contributed by atoms with van der Waals surface area (Å²) in [6.45, 7) is 12.3. The first-order valence-electron chi connectivity index (χ1n) is 8.63. The third kappa shape index (κ3) is 3.93. The Balaban J connectivity index is 2.55. The van der Waals surface area contributed by atoms with Crippen LogP contribution in [0.2, 0.25) is 5.04 Å². The highest BCUT2D eigenvalue weighted by atomic mass is 28.4. The minimum atomic E-state index is -2.32. The lowest BCUT2D eigenvalue weighted by Gasteiger charge is -2.43. The summed E-state index contributed by atoms with van der Waals surface area (Å²) in [5.74, 6) is 0.660. The van der Waals surface area contributed by atoms with E-state index in [-0.39, 0.29) is 5.04 Å². The van der Waals surface area contributed by atoms with E-state index in [1.165, 1.54) is 10.4 Å². The minimum Gasteiger partial charge on any atom is -0.407 e. The van der Waals surface area contributed by atoms with Crippen LogP contribution >= 0.6 is 0 Å². The van der Waals surface area contributed by atoms with Crippen molar-refractivity contribution in [1.82, 2.24) is 0 Å². The summed E-state index contributed by atoms with van der Waals surface area (Å²) in [7, 11) is -2.32. The third-order valence-electron chi connectivity index (χ3n) is 4.43. The molecule has 1 nitrogen and oxygen atoms in total. The number of rotatable bonds is 6. The monoisotopic (exact) mass is 326 g/mol. The van der Waals surface area contributed by atoms with Crippen LogP contribution in [0, 0.1) is 5.92 Å². The van der Waals surface area contributed by atoms with Gasteiger partial charge in [0.25, 0.3) is 8.32 Å². The van der Waals surface area contributed by atoms with Gasteiger partial charge in [0, 0.05) is 6.61 Å². The first-order valence-corrected chi connectivity index (χ1v) is 10.5. The smallest absolute Gasteiger partial charge is 0.261 e. The van der Waals surface area contributed by atoms with Gasteiger partial charge in [0.2, 0.25) is 0 Å². The van der Waals surface area contributed by atoms with Gasteiger partial charge in [0.05, 0.1) is 0 Å². The number of hydrogen-bond acceptors (Lipinski definition) is 1. The maximum Gasteiger partial charge on any atom is 0.261 e. The maximum absolute atomic E-state index is 6.82. The Morgan fingerprint density at radius 2 is 1.26 bits per heavy atom. The van der Waals surface area contributed by atoms with Crippen LogP contribution in [0.4, 0.5) is 0 Å². The second kappa shape index (κ2) is 7.46. The molecular weight excluding hydrogens is 296 g/mol. The molecule has 0 aliphatic carbocycles. The van der Waals surface area contributed by atoms with Gasteiger partial charge in [-0.2, -0.15) is 0 Å². The molecule has 0 heterocycles. The molecule has 0 saturated carbocycles. The zero-order valence-electron chi connectivity index (χ0n) is 15.2. The SMILES string of the molecule is CC(C)CCO[Si](c1ccccc1)(c1ccccc1)C(C)(C)C. The van der Waals surface area contributed by atoms with E-state index in [0.29, 0.717) is 5.92 Å². The molecule has 0 saturated heterocycles. The summed E-state index contributed by atoms with van der Waals surface area (Å²) in [4.78, 5) is 0. The summed E-state index contributed by atoms with van der Waals surface area (Å²) in [6, 6.07) is 21.7. The van der Waals surface area contributed by atoms with E-state index in [9.17, 15) is 0 Å². The maximum atomic E-state index is 6.82. The molecule has 2 aromatic rings. The lowest BCUT2D eigenvalue weighted by Crippen LogP contribution is -2.66. The average Bonchev–Trinajstić information content (AvgIpc) is 2.52. The van der Waals surface area contributed by atoms with Gasteiger partial charge in [0.1, 0.15) is 0 Å². The van der Waals surface area contributed by atoms with Gasteiger partial charge >= 0.3 is 0 Å². The first kappa shape index (κ1) is 18.0. The molecule has 0 aliphatic rings. The molecule has 0 aromatic heterocycles. The molecule has 124 valence electrons. The number of hydrogen-bond donors (Lipinski definition) is 0. The van der Waals surface area contributed by atoms with E-state index >= 15 is 0 Å². The zero-order valence-corrected chi connectivity index (χ0v) is 16.2. The summed E-state index contributed by atoms with van der Waals surface area (Å²) in [6.07, 6.45) is 1.10. The Labute approximate surface area is 142 Å². The highest BCUT2D eigenvalue weighted by Crippen LogP contribution is 2.36. The van der Waals surface area contributed by atoms with E-state index in [0.717, 1.165) is 13.0 Å². The van der Waals surface area contributed by atoms with Gasteiger partial charge in [-0.1, -0.05) is 95.3 Å². The van der Waals surface area contributed by atoms with Crippen molar-refractivity contribution in [3.63, 3.8) is 0 Å². The van der Waals surface area contributed by atoms with Gasteiger partial charge in [-0.3, -0.25) is 0 Å². The number of benzene rings is 2. The van der Waals surface area contributed by atoms with Gasteiger partial charge in [-0.05, 0) is 27.8 Å². The van der Waals surface area contributed by atoms with Gasteiger partial charge in [-0.25, -0.2) is 0 Å². The van der Waals surface area contributed by atoms with Crippen molar-refractivity contribution in [1.29, 1.82) is 0 Å². The van der Waals surface area contributed by atoms with Crippen LogP contribution in [-0.4, -0.2) is 14.9 Å². The molecule has 2 heteroatoms. The highest BCUT2D eigenvalue weighted by Gasteiger charge is 2.49. The Kier molecular flexibility index (Phi) is 5.82. The lowest BCUT2D eigenvalue weighted by molar-refractivity contribution is 0.273. The molecule has 0 fully saturated rings. The van der Waals surface area contributed by atoms with Crippen LogP contribution in [0.5, 0.6) is 0 Å². The first-order chi connectivity index (χ1) is 10.9. The Bertz CT molecular complexity index is 545. The van der Waals surface area contributed by atoms with E-state index in [2.05, 4.69) is 95.3 Å². The Morgan fingerprint density at radius 1 is 0.826 bits per heavy atom. The minimum absolute atomic E-state index is 0.0761. The Hall–Kier alpha value is -1.38. The molecule has 2 rings (SSSR count). The standard InChI is InChI=1S/C21H30OSi/c1-18(2)16-17-22-23(21(3,4)5,19-12-8-6-9-13-19)20-14-10-7-11-15-20/h6-15,18H,16-17H2,1-5H3. The van der Waals surface area contributed by atoms with Crippen molar-refractivity contribution in [2.75, 3.05) is 6.61 Å². The van der Waals surface area contributed by atoms with Crippen LogP contribution in [-0.2, 0) is 4.43 Å². The van der Waals surface area contributed by atoms with E-state index in [1.54, 1.807) is 0 Å². The molecule has 2 aromatic carbocycles. The zero-order chi connectivity index (χ0) is 16.9. The predicted octanol–water partition coefficient (Wildman–Crippen LogP) is 4.61. The van der Waals surface area contributed by atoms with E-state index < -0.39 is 8.32 Å². The quantitative estimate of drug-likeness (QED) is 0.704. The fraction of sp³-hybridized carbons (Fsp3) is 0.429. The van der Waals surface area contributed by atoms with Crippen molar-refractivity contribution in [3.05, 3.63) is 60.7 Å². The molecule has 0 amide bonds. The summed E-state index contributed by atoms with van der Waals surface area (Å²) < 4.78 is 6.82. The fourth-order valence-corrected chi connectivity index (χ4v) is 7.79. The normalized spacial score (nSPS) is 12.6. The van der Waals surface area contributed by atoms with Crippen LogP contribution in [0.1, 0.15) is 41.0 Å². The van der Waals surface area contributed by atoms with Crippen molar-refractivity contribution >= 4 is 18.7 Å². The van der Waals surface area contributed by atoms with Crippen LogP contribution < -0.4 is 10.4 Å². The largest absolute Gasteiger partial charge is 0.407 e. The summed E-state index contributed by atoms with van der Waals surface area (Å²) >= 11 is 0. The molecule has 23 heavy (non-hydrogen) atoms. The highest BCUT2D eigenvalue weighted by molar-refractivity contribution is 6.99. The molecule has 0 aliphatic heterocycles. The van der Waals surface area contributed by atoms with E-state index in [4.69, 9.17) is 4.43 Å². The van der Waals surface area contributed by atoms with E-state index in [1.807, 2.05) is 0 Å². The van der Waals surface area contributed by atoms with Crippen molar-refractivity contribution in [2.45, 2.75) is 46.1 Å². The molecule has 0 atom stereocenters. The Morgan fingerprint density at radius 3 is 1.61 bits per heavy atom. The van der Waals surface area contributed by atoms with Crippen LogP contribution in [0.3, 0.4) is 0 Å². The second-order valence-electron chi connectivity index (χ2n) is 7.69. The van der Waals surface area contributed by atoms with Crippen molar-refractivity contribution in [3.8, 4) is 0 Å². The summed E-state index contributed by atoms with van der Waals surface area (Å²) in [5.41, 5.74) is 0. The third-order valence-corrected chi connectivity index (χ3v) is 9.47. The van der Waals surface area contributed by atoms with Gasteiger partial charge in [0.15, 0.2) is 0 Å². The lowest BCUT2D eigenvalue weighted by atomic mass is 10.2. The van der Waals surface area contributed by atoms with Gasteiger partial charge < -0.3 is 4.43 Å². The molecule has 0 bridgehead atoms. The average molecular weight is 327 g/mol. The van der Waals surface area contributed by atoms with Crippen LogP contribution in [0.25, 0.3) is 0 Å². The molecule has 0 radical (unpaired) electrons. The van der Waals surface area contributed by atoms with Gasteiger partial charge in [-0.15, -0.1) is 0 Å². The second-order valence-corrected chi connectivity index (χ2v) is 12.0. The topological polar surface area (TPSA) is 9.23 Å². The molecule has 0 N–H and O–H groups in total. The molecule has 0 unspecified atom stereocenters.